The van der Waals surface area contributed by atoms with Crippen LogP contribution in [0.15, 0.2) is 134 Å². The van der Waals surface area contributed by atoms with Crippen LogP contribution < -0.4 is 0 Å². The van der Waals surface area contributed by atoms with E-state index in [9.17, 15) is 28.9 Å². The Morgan fingerprint density at radius 2 is 0.650 bits per heavy atom. The first-order valence-corrected chi connectivity index (χ1v) is 32.6. The average Bonchev–Trinajstić information content (AvgIpc) is 3.45. The quantitative estimate of drug-likeness (QED) is 0.0197. The Kier molecular flexibility index (Phi) is 57.4. The SMILES string of the molecule is CC/C=C\C/C=C\C/C=C\C/C=C\C/C=C\CCCCCC(=O)OC(COC(=O)CCCCCC/C=C\C/C=C\C/C=C\C/C=C\CC)COP(=O)(O)OCC(CO)OC(=O)CCCCCCCCC/C=C\C/C=C\CCCCC. The maximum Gasteiger partial charge on any atom is 0.472 e. The van der Waals surface area contributed by atoms with Crippen LogP contribution in [-0.2, 0) is 42.2 Å². The summed E-state index contributed by atoms with van der Waals surface area (Å²) in [5.74, 6) is -1.55. The number of hydrogen-bond acceptors (Lipinski definition) is 10. The van der Waals surface area contributed by atoms with Crippen molar-refractivity contribution in [1.29, 1.82) is 0 Å². The number of ether oxygens (including phenoxy) is 3. The lowest BCUT2D eigenvalue weighted by atomic mass is 10.1. The van der Waals surface area contributed by atoms with Crippen molar-refractivity contribution in [1.82, 2.24) is 0 Å². The molecule has 3 atom stereocenters. The first kappa shape index (κ1) is 75.6. The molecule has 0 aromatic heterocycles. The maximum absolute atomic E-state index is 12.9. The van der Waals surface area contributed by atoms with Crippen molar-refractivity contribution in [3.63, 3.8) is 0 Å². The maximum atomic E-state index is 12.9. The van der Waals surface area contributed by atoms with Gasteiger partial charge in [0.05, 0.1) is 19.8 Å². The van der Waals surface area contributed by atoms with Crippen molar-refractivity contribution < 1.29 is 52.2 Å². The topological polar surface area (TPSA) is 155 Å². The van der Waals surface area contributed by atoms with Crippen LogP contribution in [0.4, 0.5) is 0 Å². The van der Waals surface area contributed by atoms with Gasteiger partial charge in [0.1, 0.15) is 12.7 Å². The Balaban J connectivity index is 4.83. The van der Waals surface area contributed by atoms with Gasteiger partial charge in [-0.05, 0) is 135 Å². The second kappa shape index (κ2) is 60.7. The van der Waals surface area contributed by atoms with Crippen molar-refractivity contribution in [2.24, 2.45) is 0 Å². The fourth-order valence-electron chi connectivity index (χ4n) is 7.87. The summed E-state index contributed by atoms with van der Waals surface area (Å²) < 4.78 is 39.6. The van der Waals surface area contributed by atoms with Gasteiger partial charge >= 0.3 is 25.7 Å². The van der Waals surface area contributed by atoms with Gasteiger partial charge in [0, 0.05) is 19.3 Å². The Labute approximate surface area is 487 Å². The number of aliphatic hydroxyl groups is 1. The molecule has 11 nitrogen and oxygen atoms in total. The van der Waals surface area contributed by atoms with E-state index in [2.05, 4.69) is 154 Å². The molecule has 12 heteroatoms. The molecule has 0 fully saturated rings. The summed E-state index contributed by atoms with van der Waals surface area (Å²) in [5.41, 5.74) is 0. The molecule has 0 spiro atoms. The predicted octanol–water partition coefficient (Wildman–Crippen LogP) is 18.9. The monoisotopic (exact) mass is 1130 g/mol. The molecular formula is C68H111O11P. The van der Waals surface area contributed by atoms with Crippen molar-refractivity contribution in [2.75, 3.05) is 26.4 Å². The zero-order valence-electron chi connectivity index (χ0n) is 50.2. The van der Waals surface area contributed by atoms with Crippen LogP contribution >= 0.6 is 7.82 Å². The summed E-state index contributed by atoms with van der Waals surface area (Å²) >= 11 is 0. The third kappa shape index (κ3) is 58.3. The van der Waals surface area contributed by atoms with Crippen LogP contribution in [0.1, 0.15) is 239 Å². The molecule has 0 aliphatic rings. The Hall–Kier alpha value is -4.38. The molecule has 80 heavy (non-hydrogen) atoms. The number of phosphoric ester groups is 1. The molecule has 0 heterocycles. The van der Waals surface area contributed by atoms with Gasteiger partial charge in [-0.1, -0.05) is 219 Å². The first-order valence-electron chi connectivity index (χ1n) is 31.1. The van der Waals surface area contributed by atoms with Gasteiger partial charge in [0.25, 0.3) is 0 Å². The van der Waals surface area contributed by atoms with Gasteiger partial charge in [-0.25, -0.2) is 4.57 Å². The molecular weight excluding hydrogens is 1020 g/mol. The van der Waals surface area contributed by atoms with Crippen LogP contribution in [0.25, 0.3) is 0 Å². The molecule has 0 aromatic carbocycles. The second-order valence-corrected chi connectivity index (χ2v) is 21.6. The highest BCUT2D eigenvalue weighted by Crippen LogP contribution is 2.43. The Morgan fingerprint density at radius 3 is 1.01 bits per heavy atom. The summed E-state index contributed by atoms with van der Waals surface area (Å²) in [6.45, 7) is 4.32. The molecule has 0 amide bonds. The van der Waals surface area contributed by atoms with E-state index in [1.54, 1.807) is 0 Å². The average molecular weight is 1140 g/mol. The van der Waals surface area contributed by atoms with E-state index >= 15 is 0 Å². The fraction of sp³-hybridized carbons (Fsp3) is 0.632. The highest BCUT2D eigenvalue weighted by atomic mass is 31.2. The minimum Gasteiger partial charge on any atom is -0.462 e. The van der Waals surface area contributed by atoms with Crippen LogP contribution in [0.2, 0.25) is 0 Å². The molecule has 0 aliphatic heterocycles. The standard InChI is InChI=1S/C68H111O11P/c1-4-7-10-13-16-19-22-25-28-31-32-35-38-41-44-47-50-53-56-59-68(72)79-65(61-75-66(70)57-54-51-48-45-42-39-36-33-29-26-23-20-17-14-11-8-5-2)63-77-80(73,74)76-62-64(60-69)78-67(71)58-55-52-49-46-43-40-37-34-30-27-24-21-18-15-12-9-6-3/h7-8,10-11,16-21,25-30,32,35-36,39,41,44,64-65,69H,4-6,9,12-15,22-24,31,33-34,37-38,40,42-43,45-63H2,1-3H3,(H,73,74)/b10-7-,11-8-,19-16-,20-17-,21-18-,28-25-,29-26-,30-27-,35-32-,39-36-,44-41-. The van der Waals surface area contributed by atoms with Gasteiger partial charge in [0.15, 0.2) is 6.10 Å². The summed E-state index contributed by atoms with van der Waals surface area (Å²) in [5, 5.41) is 9.85. The molecule has 0 radical (unpaired) electrons. The molecule has 0 bridgehead atoms. The number of unbranched alkanes of at least 4 members (excludes halogenated alkanes) is 17. The molecule has 0 saturated carbocycles. The lowest BCUT2D eigenvalue weighted by molar-refractivity contribution is -0.161. The number of phosphoric acid groups is 1. The smallest absolute Gasteiger partial charge is 0.462 e. The van der Waals surface area contributed by atoms with E-state index in [1.165, 1.54) is 38.5 Å². The number of allylic oxidation sites excluding steroid dienone is 22. The van der Waals surface area contributed by atoms with Crippen molar-refractivity contribution in [3.05, 3.63) is 134 Å². The van der Waals surface area contributed by atoms with Gasteiger partial charge < -0.3 is 24.2 Å². The number of rotatable bonds is 56. The molecule has 0 aliphatic carbocycles. The number of carbonyl (C=O) groups excluding carboxylic acids is 3. The summed E-state index contributed by atoms with van der Waals surface area (Å²) in [6.07, 6.45) is 76.8. The third-order valence-electron chi connectivity index (χ3n) is 12.5. The largest absolute Gasteiger partial charge is 0.472 e. The fourth-order valence-corrected chi connectivity index (χ4v) is 8.66. The minimum atomic E-state index is -4.78. The second-order valence-electron chi connectivity index (χ2n) is 20.1. The van der Waals surface area contributed by atoms with Gasteiger partial charge in [-0.3, -0.25) is 23.4 Å². The van der Waals surface area contributed by atoms with Crippen molar-refractivity contribution in [3.8, 4) is 0 Å². The van der Waals surface area contributed by atoms with E-state index in [4.69, 9.17) is 23.3 Å². The van der Waals surface area contributed by atoms with Gasteiger partial charge in [0.2, 0.25) is 0 Å². The van der Waals surface area contributed by atoms with Gasteiger partial charge in [-0.15, -0.1) is 0 Å². The molecule has 0 aromatic rings. The summed E-state index contributed by atoms with van der Waals surface area (Å²) in [4.78, 5) is 48.7. The van der Waals surface area contributed by atoms with E-state index in [-0.39, 0.29) is 25.9 Å². The number of esters is 3. The van der Waals surface area contributed by atoms with E-state index in [0.717, 1.165) is 141 Å². The first-order chi connectivity index (χ1) is 39.2. The van der Waals surface area contributed by atoms with Crippen molar-refractivity contribution >= 4 is 25.7 Å². The molecule has 0 saturated heterocycles. The number of aliphatic hydroxyl groups excluding tert-OH is 1. The molecule has 3 unspecified atom stereocenters. The van der Waals surface area contributed by atoms with E-state index < -0.39 is 57.8 Å². The predicted molar refractivity (Wildman–Crippen MR) is 334 cm³/mol. The van der Waals surface area contributed by atoms with Gasteiger partial charge in [-0.2, -0.15) is 0 Å². The third-order valence-corrected chi connectivity index (χ3v) is 13.5. The lowest BCUT2D eigenvalue weighted by Gasteiger charge is -2.21. The van der Waals surface area contributed by atoms with Crippen LogP contribution in [-0.4, -0.2) is 66.5 Å². The minimum absolute atomic E-state index is 0.115. The Bertz CT molecular complexity index is 1850. The Morgan fingerprint density at radius 1 is 0.362 bits per heavy atom. The van der Waals surface area contributed by atoms with E-state index in [0.29, 0.717) is 19.3 Å². The highest BCUT2D eigenvalue weighted by Gasteiger charge is 2.28. The molecule has 454 valence electrons. The zero-order valence-corrected chi connectivity index (χ0v) is 51.1. The van der Waals surface area contributed by atoms with Crippen LogP contribution in [0.3, 0.4) is 0 Å². The molecule has 2 N–H and O–H groups in total. The van der Waals surface area contributed by atoms with Crippen molar-refractivity contribution in [2.45, 2.75) is 251 Å². The highest BCUT2D eigenvalue weighted by molar-refractivity contribution is 7.47. The normalized spacial score (nSPS) is 14.2. The lowest BCUT2D eigenvalue weighted by Crippen LogP contribution is -2.30. The zero-order chi connectivity index (χ0) is 58.3. The van der Waals surface area contributed by atoms with E-state index in [1.807, 2.05) is 0 Å². The number of carbonyl (C=O) groups is 3. The van der Waals surface area contributed by atoms with Crippen LogP contribution in [0, 0.1) is 0 Å². The van der Waals surface area contributed by atoms with Crippen LogP contribution in [0.5, 0.6) is 0 Å². The summed E-state index contributed by atoms with van der Waals surface area (Å²) in [6, 6.07) is 0. The molecule has 0 rings (SSSR count). The summed E-state index contributed by atoms with van der Waals surface area (Å²) in [7, 11) is -4.78. The number of hydrogen-bond donors (Lipinski definition) is 2.